The SMILES string of the molecule is C=C1C(=O)CCC1c1cccc(F)c1. The lowest BCUT2D eigenvalue weighted by molar-refractivity contribution is -0.114. The Balaban J connectivity index is 2.32. The van der Waals surface area contributed by atoms with E-state index in [0.29, 0.717) is 12.0 Å². The van der Waals surface area contributed by atoms with Crippen LogP contribution in [0.5, 0.6) is 0 Å². The highest BCUT2D eigenvalue weighted by Gasteiger charge is 2.27. The van der Waals surface area contributed by atoms with Gasteiger partial charge in [0.25, 0.3) is 0 Å². The van der Waals surface area contributed by atoms with Gasteiger partial charge in [0.2, 0.25) is 0 Å². The number of rotatable bonds is 1. The predicted octanol–water partition coefficient (Wildman–Crippen LogP) is 2.83. The maximum Gasteiger partial charge on any atom is 0.158 e. The van der Waals surface area contributed by atoms with Gasteiger partial charge in [0.15, 0.2) is 5.78 Å². The molecule has 2 heteroatoms. The highest BCUT2D eigenvalue weighted by molar-refractivity contribution is 5.98. The normalized spacial score (nSPS) is 21.6. The van der Waals surface area contributed by atoms with Crippen LogP contribution in [0.25, 0.3) is 0 Å². The number of hydrogen-bond acceptors (Lipinski definition) is 1. The lowest BCUT2D eigenvalue weighted by Gasteiger charge is -2.09. The Hall–Kier alpha value is -1.44. The van der Waals surface area contributed by atoms with Gasteiger partial charge >= 0.3 is 0 Å². The standard InChI is InChI=1S/C12H11FO/c1-8-11(5-6-12(8)14)9-3-2-4-10(13)7-9/h2-4,7,11H,1,5-6H2. The van der Waals surface area contributed by atoms with E-state index in [-0.39, 0.29) is 17.5 Å². The smallest absolute Gasteiger partial charge is 0.158 e. The highest BCUT2D eigenvalue weighted by Crippen LogP contribution is 2.35. The molecule has 0 spiro atoms. The minimum absolute atomic E-state index is 0.0261. The molecule has 1 saturated carbocycles. The van der Waals surface area contributed by atoms with Crippen LogP contribution in [0.3, 0.4) is 0 Å². The van der Waals surface area contributed by atoms with Crippen LogP contribution >= 0.6 is 0 Å². The summed E-state index contributed by atoms with van der Waals surface area (Å²) < 4.78 is 12.9. The number of halogens is 1. The summed E-state index contributed by atoms with van der Waals surface area (Å²) in [6.07, 6.45) is 1.31. The first-order chi connectivity index (χ1) is 6.68. The summed E-state index contributed by atoms with van der Waals surface area (Å²) in [5.74, 6) is -0.118. The molecule has 1 fully saturated rings. The Morgan fingerprint density at radius 1 is 1.43 bits per heavy atom. The van der Waals surface area contributed by atoms with Crippen molar-refractivity contribution in [3.05, 3.63) is 47.8 Å². The van der Waals surface area contributed by atoms with Crippen LogP contribution < -0.4 is 0 Å². The number of ketones is 1. The molecule has 1 nitrogen and oxygen atoms in total. The Kier molecular flexibility index (Phi) is 2.20. The summed E-state index contributed by atoms with van der Waals surface area (Å²) >= 11 is 0. The molecule has 2 rings (SSSR count). The van der Waals surface area contributed by atoms with Crippen LogP contribution in [0, 0.1) is 5.82 Å². The van der Waals surface area contributed by atoms with E-state index in [1.54, 1.807) is 6.07 Å². The Morgan fingerprint density at radius 2 is 2.21 bits per heavy atom. The molecule has 1 aliphatic carbocycles. The number of benzene rings is 1. The van der Waals surface area contributed by atoms with Crippen molar-refractivity contribution in [3.8, 4) is 0 Å². The average Bonchev–Trinajstić information content (AvgIpc) is 2.48. The van der Waals surface area contributed by atoms with E-state index in [1.165, 1.54) is 12.1 Å². The van der Waals surface area contributed by atoms with E-state index in [4.69, 9.17) is 0 Å². The molecule has 1 atom stereocenters. The lowest BCUT2D eigenvalue weighted by atomic mass is 9.94. The van der Waals surface area contributed by atoms with E-state index in [1.807, 2.05) is 6.07 Å². The summed E-state index contributed by atoms with van der Waals surface area (Å²) in [6.45, 7) is 3.75. The third-order valence-electron chi connectivity index (χ3n) is 2.69. The predicted molar refractivity (Wildman–Crippen MR) is 52.5 cm³/mol. The van der Waals surface area contributed by atoms with E-state index < -0.39 is 0 Å². The van der Waals surface area contributed by atoms with Crippen LogP contribution in [0.4, 0.5) is 4.39 Å². The number of carbonyl (C=O) groups is 1. The molecule has 0 aromatic heterocycles. The van der Waals surface area contributed by atoms with Crippen molar-refractivity contribution in [2.75, 3.05) is 0 Å². The first kappa shape index (κ1) is 9.13. The third-order valence-corrected chi connectivity index (χ3v) is 2.69. The second-order valence-electron chi connectivity index (χ2n) is 3.59. The maximum atomic E-state index is 12.9. The molecule has 0 bridgehead atoms. The van der Waals surface area contributed by atoms with Crippen molar-refractivity contribution in [2.24, 2.45) is 0 Å². The second-order valence-corrected chi connectivity index (χ2v) is 3.59. The van der Waals surface area contributed by atoms with E-state index in [0.717, 1.165) is 12.0 Å². The fraction of sp³-hybridized carbons (Fsp3) is 0.250. The molecular formula is C12H11FO. The van der Waals surface area contributed by atoms with Crippen molar-refractivity contribution in [1.29, 1.82) is 0 Å². The Morgan fingerprint density at radius 3 is 2.79 bits per heavy atom. The molecule has 1 unspecified atom stereocenters. The second kappa shape index (κ2) is 3.37. The van der Waals surface area contributed by atoms with Crippen molar-refractivity contribution in [3.63, 3.8) is 0 Å². The molecule has 1 aromatic carbocycles. The van der Waals surface area contributed by atoms with Gasteiger partial charge in [-0.3, -0.25) is 4.79 Å². The quantitative estimate of drug-likeness (QED) is 0.622. The summed E-state index contributed by atoms with van der Waals surface area (Å²) in [7, 11) is 0. The van der Waals surface area contributed by atoms with Gasteiger partial charge in [-0.15, -0.1) is 0 Å². The number of carbonyl (C=O) groups excluding carboxylic acids is 1. The van der Waals surface area contributed by atoms with Crippen molar-refractivity contribution < 1.29 is 9.18 Å². The van der Waals surface area contributed by atoms with Crippen LogP contribution in [-0.4, -0.2) is 5.78 Å². The number of Topliss-reactive ketones (excluding diaryl/α,β-unsaturated/α-hetero) is 1. The minimum Gasteiger partial charge on any atom is -0.295 e. The van der Waals surface area contributed by atoms with E-state index in [2.05, 4.69) is 6.58 Å². The Labute approximate surface area is 82.3 Å². The topological polar surface area (TPSA) is 17.1 Å². The van der Waals surface area contributed by atoms with Gasteiger partial charge in [-0.25, -0.2) is 4.39 Å². The van der Waals surface area contributed by atoms with Crippen LogP contribution in [0.2, 0.25) is 0 Å². The van der Waals surface area contributed by atoms with E-state index in [9.17, 15) is 9.18 Å². The molecule has 72 valence electrons. The third kappa shape index (κ3) is 1.48. The summed E-state index contributed by atoms with van der Waals surface area (Å²) in [5.41, 5.74) is 1.48. The number of hydrogen-bond donors (Lipinski definition) is 0. The van der Waals surface area contributed by atoms with Gasteiger partial charge in [-0.2, -0.15) is 0 Å². The van der Waals surface area contributed by atoms with Gasteiger partial charge in [0.05, 0.1) is 0 Å². The molecule has 14 heavy (non-hydrogen) atoms. The first-order valence-corrected chi connectivity index (χ1v) is 4.66. The van der Waals surface area contributed by atoms with Crippen molar-refractivity contribution in [2.45, 2.75) is 18.8 Å². The van der Waals surface area contributed by atoms with Gasteiger partial charge in [-0.1, -0.05) is 18.7 Å². The van der Waals surface area contributed by atoms with E-state index >= 15 is 0 Å². The molecular weight excluding hydrogens is 179 g/mol. The zero-order valence-electron chi connectivity index (χ0n) is 7.79. The molecule has 0 heterocycles. The monoisotopic (exact) mass is 190 g/mol. The molecule has 1 aromatic rings. The fourth-order valence-electron chi connectivity index (χ4n) is 1.90. The summed E-state index contributed by atoms with van der Waals surface area (Å²) in [4.78, 5) is 11.2. The summed E-state index contributed by atoms with van der Waals surface area (Å²) in [5, 5.41) is 0. The number of allylic oxidation sites excluding steroid dienone is 1. The zero-order chi connectivity index (χ0) is 10.1. The molecule has 1 aliphatic rings. The van der Waals surface area contributed by atoms with Gasteiger partial charge in [-0.05, 0) is 29.7 Å². The molecule has 0 radical (unpaired) electrons. The zero-order valence-corrected chi connectivity index (χ0v) is 7.79. The maximum absolute atomic E-state index is 12.9. The van der Waals surface area contributed by atoms with Crippen LogP contribution in [0.15, 0.2) is 36.4 Å². The fourth-order valence-corrected chi connectivity index (χ4v) is 1.90. The highest BCUT2D eigenvalue weighted by atomic mass is 19.1. The largest absolute Gasteiger partial charge is 0.295 e. The molecule has 0 aliphatic heterocycles. The first-order valence-electron chi connectivity index (χ1n) is 4.66. The Bertz CT molecular complexity index is 395. The molecule has 0 saturated heterocycles. The lowest BCUT2D eigenvalue weighted by Crippen LogP contribution is -1.98. The molecule has 0 amide bonds. The van der Waals surface area contributed by atoms with Gasteiger partial charge < -0.3 is 0 Å². The van der Waals surface area contributed by atoms with Crippen molar-refractivity contribution >= 4 is 5.78 Å². The minimum atomic E-state index is -0.255. The van der Waals surface area contributed by atoms with Crippen LogP contribution in [-0.2, 0) is 4.79 Å². The molecule has 0 N–H and O–H groups in total. The van der Waals surface area contributed by atoms with Crippen molar-refractivity contribution in [1.82, 2.24) is 0 Å². The van der Waals surface area contributed by atoms with Crippen LogP contribution in [0.1, 0.15) is 24.3 Å². The van der Waals surface area contributed by atoms with Gasteiger partial charge in [0, 0.05) is 12.3 Å². The summed E-state index contributed by atoms with van der Waals surface area (Å²) in [6, 6.07) is 6.40. The van der Waals surface area contributed by atoms with Gasteiger partial charge in [0.1, 0.15) is 5.82 Å². The average molecular weight is 190 g/mol.